The Hall–Kier alpha value is -1.81. The molecular formula is C19H26N2O2. The van der Waals surface area contributed by atoms with Crippen molar-refractivity contribution in [2.75, 3.05) is 13.2 Å². The number of hydrogen-bond donors (Lipinski definition) is 2. The maximum absolute atomic E-state index is 12.8. The second kappa shape index (κ2) is 7.64. The van der Waals surface area contributed by atoms with Crippen LogP contribution < -0.4 is 5.32 Å². The molecule has 1 aromatic carbocycles. The van der Waals surface area contributed by atoms with Crippen LogP contribution in [0.4, 0.5) is 4.79 Å². The van der Waals surface area contributed by atoms with Gasteiger partial charge in [0.15, 0.2) is 0 Å². The highest BCUT2D eigenvalue weighted by Crippen LogP contribution is 2.35. The number of amides is 2. The molecule has 0 saturated heterocycles. The standard InChI is InChI=1S/C19H26N2O2/c22-14-6-13-21(19(23)20-16-8-2-1-3-9-16)18-12-11-15-7-4-5-10-17(15)18/h1-2,4-5,7,10,16,18,22H,3,6,8-9,11-14H2,(H,20,23)/t16-,18-/m0/s1. The van der Waals surface area contributed by atoms with Crippen LogP contribution in [-0.2, 0) is 6.42 Å². The van der Waals surface area contributed by atoms with Crippen LogP contribution >= 0.6 is 0 Å². The molecule has 1 aromatic rings. The minimum Gasteiger partial charge on any atom is -0.396 e. The van der Waals surface area contributed by atoms with Gasteiger partial charge in [0.25, 0.3) is 0 Å². The van der Waals surface area contributed by atoms with Crippen LogP contribution in [0.3, 0.4) is 0 Å². The molecule has 2 atom stereocenters. The summed E-state index contributed by atoms with van der Waals surface area (Å²) >= 11 is 0. The highest BCUT2D eigenvalue weighted by Gasteiger charge is 2.31. The van der Waals surface area contributed by atoms with Gasteiger partial charge < -0.3 is 15.3 Å². The molecule has 4 heteroatoms. The van der Waals surface area contributed by atoms with Gasteiger partial charge in [-0.3, -0.25) is 0 Å². The number of carbonyl (C=O) groups is 1. The van der Waals surface area contributed by atoms with Gasteiger partial charge in [0.05, 0.1) is 6.04 Å². The quantitative estimate of drug-likeness (QED) is 0.820. The number of nitrogens with one attached hydrogen (secondary N) is 1. The SMILES string of the molecule is O=C(N[C@H]1CC=CCC1)N(CCCO)[C@H]1CCc2ccccc21. The van der Waals surface area contributed by atoms with Gasteiger partial charge in [-0.1, -0.05) is 36.4 Å². The molecule has 0 bridgehead atoms. The summed E-state index contributed by atoms with van der Waals surface area (Å²) in [6.07, 6.45) is 9.91. The molecule has 0 saturated carbocycles. The van der Waals surface area contributed by atoms with Crippen molar-refractivity contribution in [1.82, 2.24) is 10.2 Å². The summed E-state index contributed by atoms with van der Waals surface area (Å²) in [5, 5.41) is 12.4. The van der Waals surface area contributed by atoms with E-state index < -0.39 is 0 Å². The van der Waals surface area contributed by atoms with Gasteiger partial charge in [0.1, 0.15) is 0 Å². The maximum Gasteiger partial charge on any atom is 0.318 e. The van der Waals surface area contributed by atoms with Crippen LogP contribution in [0, 0.1) is 0 Å². The van der Waals surface area contributed by atoms with E-state index in [1.54, 1.807) is 0 Å². The largest absolute Gasteiger partial charge is 0.396 e. The summed E-state index contributed by atoms with van der Waals surface area (Å²) in [5.74, 6) is 0. The lowest BCUT2D eigenvalue weighted by Crippen LogP contribution is -2.46. The molecule has 2 amide bonds. The van der Waals surface area contributed by atoms with Crippen molar-refractivity contribution in [2.24, 2.45) is 0 Å². The Bertz CT molecular complexity index is 570. The number of aryl methyl sites for hydroxylation is 1. The third-order valence-corrected chi connectivity index (χ3v) is 4.89. The minimum absolute atomic E-state index is 0.0143. The Morgan fingerprint density at radius 3 is 2.91 bits per heavy atom. The summed E-state index contributed by atoms with van der Waals surface area (Å²) in [5.41, 5.74) is 2.61. The Labute approximate surface area is 138 Å². The van der Waals surface area contributed by atoms with Gasteiger partial charge in [-0.2, -0.15) is 0 Å². The molecule has 4 nitrogen and oxygen atoms in total. The first-order valence-corrected chi connectivity index (χ1v) is 8.70. The summed E-state index contributed by atoms with van der Waals surface area (Å²) in [6.45, 7) is 0.716. The van der Waals surface area contributed by atoms with Crippen LogP contribution in [0.5, 0.6) is 0 Å². The smallest absolute Gasteiger partial charge is 0.318 e. The first kappa shape index (κ1) is 16.1. The van der Waals surface area contributed by atoms with Crippen molar-refractivity contribution < 1.29 is 9.90 Å². The zero-order valence-electron chi connectivity index (χ0n) is 13.6. The zero-order valence-corrected chi connectivity index (χ0v) is 13.6. The lowest BCUT2D eigenvalue weighted by Gasteiger charge is -2.32. The van der Waals surface area contributed by atoms with E-state index in [1.807, 2.05) is 11.0 Å². The summed E-state index contributed by atoms with van der Waals surface area (Å²) in [4.78, 5) is 14.8. The number of aliphatic hydroxyl groups is 1. The predicted octanol–water partition coefficient (Wildman–Crippen LogP) is 3.18. The number of nitrogens with zero attached hydrogens (tertiary/aromatic N) is 1. The topological polar surface area (TPSA) is 52.6 Å². The molecule has 2 N–H and O–H groups in total. The van der Waals surface area contributed by atoms with Gasteiger partial charge in [0.2, 0.25) is 0 Å². The molecule has 0 radical (unpaired) electrons. The van der Waals surface area contributed by atoms with E-state index in [0.717, 1.165) is 32.1 Å². The first-order valence-electron chi connectivity index (χ1n) is 8.70. The zero-order chi connectivity index (χ0) is 16.1. The Morgan fingerprint density at radius 2 is 2.13 bits per heavy atom. The van der Waals surface area contributed by atoms with Crippen LogP contribution in [-0.4, -0.2) is 35.2 Å². The lowest BCUT2D eigenvalue weighted by atomic mass is 10.0. The third kappa shape index (κ3) is 3.75. The molecule has 0 aliphatic heterocycles. The van der Waals surface area contributed by atoms with Gasteiger partial charge in [0, 0.05) is 19.2 Å². The molecule has 3 rings (SSSR count). The van der Waals surface area contributed by atoms with E-state index >= 15 is 0 Å². The van der Waals surface area contributed by atoms with Gasteiger partial charge in [-0.25, -0.2) is 4.79 Å². The van der Waals surface area contributed by atoms with Crippen molar-refractivity contribution in [3.63, 3.8) is 0 Å². The number of aliphatic hydroxyl groups excluding tert-OH is 1. The lowest BCUT2D eigenvalue weighted by molar-refractivity contribution is 0.161. The van der Waals surface area contributed by atoms with Crippen molar-refractivity contribution in [3.8, 4) is 0 Å². The Morgan fingerprint density at radius 1 is 1.26 bits per heavy atom. The average Bonchev–Trinajstić information content (AvgIpc) is 3.00. The van der Waals surface area contributed by atoms with Crippen LogP contribution in [0.25, 0.3) is 0 Å². The second-order valence-corrected chi connectivity index (χ2v) is 6.45. The first-order chi connectivity index (χ1) is 11.3. The highest BCUT2D eigenvalue weighted by molar-refractivity contribution is 5.75. The van der Waals surface area contributed by atoms with E-state index in [1.165, 1.54) is 11.1 Å². The monoisotopic (exact) mass is 314 g/mol. The van der Waals surface area contributed by atoms with E-state index in [4.69, 9.17) is 0 Å². The minimum atomic E-state index is 0.0143. The van der Waals surface area contributed by atoms with E-state index in [2.05, 4.69) is 35.7 Å². The fourth-order valence-electron chi connectivity index (χ4n) is 3.68. The molecule has 124 valence electrons. The van der Waals surface area contributed by atoms with Crippen molar-refractivity contribution in [2.45, 2.75) is 50.6 Å². The van der Waals surface area contributed by atoms with Crippen LogP contribution in [0.2, 0.25) is 0 Å². The molecule has 0 spiro atoms. The molecule has 23 heavy (non-hydrogen) atoms. The van der Waals surface area contributed by atoms with E-state index in [0.29, 0.717) is 13.0 Å². The maximum atomic E-state index is 12.8. The predicted molar refractivity (Wildman–Crippen MR) is 91.2 cm³/mol. The molecular weight excluding hydrogens is 288 g/mol. The fraction of sp³-hybridized carbons (Fsp3) is 0.526. The molecule has 0 fully saturated rings. The van der Waals surface area contributed by atoms with Crippen molar-refractivity contribution >= 4 is 6.03 Å². The highest BCUT2D eigenvalue weighted by atomic mass is 16.3. The fourth-order valence-corrected chi connectivity index (χ4v) is 3.68. The molecule has 2 aliphatic carbocycles. The number of fused-ring (bicyclic) bond motifs is 1. The molecule has 0 aromatic heterocycles. The summed E-state index contributed by atoms with van der Waals surface area (Å²) in [6, 6.07) is 8.79. The van der Waals surface area contributed by atoms with E-state index in [9.17, 15) is 9.90 Å². The third-order valence-electron chi connectivity index (χ3n) is 4.89. The van der Waals surface area contributed by atoms with Gasteiger partial charge in [-0.15, -0.1) is 0 Å². The number of hydrogen-bond acceptors (Lipinski definition) is 2. The molecule has 0 heterocycles. The number of allylic oxidation sites excluding steroid dienone is 1. The summed E-state index contributed by atoms with van der Waals surface area (Å²) in [7, 11) is 0. The Kier molecular flexibility index (Phi) is 5.34. The van der Waals surface area contributed by atoms with Crippen molar-refractivity contribution in [1.29, 1.82) is 0 Å². The number of rotatable bonds is 5. The molecule has 2 aliphatic rings. The van der Waals surface area contributed by atoms with Gasteiger partial charge in [-0.05, 0) is 49.7 Å². The van der Waals surface area contributed by atoms with Crippen LogP contribution in [0.15, 0.2) is 36.4 Å². The number of benzene rings is 1. The van der Waals surface area contributed by atoms with E-state index in [-0.39, 0.29) is 24.7 Å². The van der Waals surface area contributed by atoms with Crippen molar-refractivity contribution in [3.05, 3.63) is 47.5 Å². The average molecular weight is 314 g/mol. The Balaban J connectivity index is 1.72. The number of carbonyl (C=O) groups excluding carboxylic acids is 1. The normalized spacial score (nSPS) is 22.7. The number of urea groups is 1. The second-order valence-electron chi connectivity index (χ2n) is 6.45. The van der Waals surface area contributed by atoms with Gasteiger partial charge >= 0.3 is 6.03 Å². The van der Waals surface area contributed by atoms with Crippen LogP contribution in [0.1, 0.15) is 49.3 Å². The molecule has 0 unspecified atom stereocenters. The summed E-state index contributed by atoms with van der Waals surface area (Å²) < 4.78 is 0.